The lowest BCUT2D eigenvalue weighted by Crippen LogP contribution is -2.31. The number of hydrogen-bond acceptors (Lipinski definition) is 2. The molecule has 1 N–H and O–H groups in total. The molecule has 0 radical (unpaired) electrons. The molecule has 3 heteroatoms. The average Bonchev–Trinajstić information content (AvgIpc) is 2.84. The van der Waals surface area contributed by atoms with Crippen LogP contribution >= 0.6 is 0 Å². The molecule has 15 heavy (non-hydrogen) atoms. The smallest absolute Gasteiger partial charge is 0.105 e. The Morgan fingerprint density at radius 1 is 1.53 bits per heavy atom. The molecule has 84 valence electrons. The summed E-state index contributed by atoms with van der Waals surface area (Å²) < 4.78 is 2.24. The van der Waals surface area contributed by atoms with Crippen LogP contribution in [-0.2, 0) is 0 Å². The molecule has 1 aliphatic rings. The molecule has 1 saturated carbocycles. The second-order valence-corrected chi connectivity index (χ2v) is 4.62. The molecular weight excluding hydrogens is 186 g/mol. The van der Waals surface area contributed by atoms with Gasteiger partial charge in [-0.2, -0.15) is 0 Å². The van der Waals surface area contributed by atoms with Gasteiger partial charge in [-0.05, 0) is 26.7 Å². The van der Waals surface area contributed by atoms with E-state index in [1.165, 1.54) is 25.7 Å². The summed E-state index contributed by atoms with van der Waals surface area (Å²) in [5, 5.41) is 3.65. The third-order valence-electron chi connectivity index (χ3n) is 3.39. The normalized spacial score (nSPS) is 19.6. The molecule has 0 bridgehead atoms. The van der Waals surface area contributed by atoms with Crippen molar-refractivity contribution < 1.29 is 0 Å². The summed E-state index contributed by atoms with van der Waals surface area (Å²) in [4.78, 5) is 4.25. The van der Waals surface area contributed by atoms with Crippen LogP contribution in [0.5, 0.6) is 0 Å². The maximum atomic E-state index is 4.25. The van der Waals surface area contributed by atoms with Crippen LogP contribution in [0.15, 0.2) is 12.4 Å². The van der Waals surface area contributed by atoms with E-state index in [-0.39, 0.29) is 0 Å². The molecule has 1 aliphatic carbocycles. The molecule has 0 saturated heterocycles. The second-order valence-electron chi connectivity index (χ2n) is 4.62. The Morgan fingerprint density at radius 2 is 2.27 bits per heavy atom. The fourth-order valence-corrected chi connectivity index (χ4v) is 2.42. The van der Waals surface area contributed by atoms with Crippen LogP contribution in [0.2, 0.25) is 0 Å². The van der Waals surface area contributed by atoms with Crippen molar-refractivity contribution >= 4 is 0 Å². The molecule has 1 fully saturated rings. The molecule has 2 rings (SSSR count). The highest BCUT2D eigenvalue weighted by molar-refractivity contribution is 4.92. The van der Waals surface area contributed by atoms with Gasteiger partial charge >= 0.3 is 0 Å². The number of rotatable bonds is 4. The first-order valence-corrected chi connectivity index (χ1v) is 6.00. The maximum Gasteiger partial charge on any atom is 0.105 e. The largest absolute Gasteiger partial charge is 0.331 e. The lowest BCUT2D eigenvalue weighted by Gasteiger charge is -2.19. The zero-order chi connectivity index (χ0) is 10.7. The van der Waals surface area contributed by atoms with Crippen LogP contribution in [0, 0.1) is 6.92 Å². The molecule has 1 heterocycles. The van der Waals surface area contributed by atoms with Crippen LogP contribution < -0.4 is 5.32 Å². The van der Waals surface area contributed by atoms with Gasteiger partial charge in [-0.3, -0.25) is 0 Å². The maximum absolute atomic E-state index is 4.25. The first-order chi connectivity index (χ1) is 7.27. The molecular formula is C12H21N3. The Bertz CT molecular complexity index is 300. The molecule has 0 aromatic carbocycles. The van der Waals surface area contributed by atoms with Gasteiger partial charge in [0.2, 0.25) is 0 Å². The Kier molecular flexibility index (Phi) is 3.41. The summed E-state index contributed by atoms with van der Waals surface area (Å²) >= 11 is 0. The Morgan fingerprint density at radius 3 is 2.87 bits per heavy atom. The third-order valence-corrected chi connectivity index (χ3v) is 3.39. The van der Waals surface area contributed by atoms with Gasteiger partial charge in [0, 0.05) is 31.0 Å². The Hall–Kier alpha value is -0.830. The number of hydrogen-bond donors (Lipinski definition) is 1. The monoisotopic (exact) mass is 207 g/mol. The summed E-state index contributed by atoms with van der Waals surface area (Å²) in [6.45, 7) is 5.37. The van der Waals surface area contributed by atoms with Crippen LogP contribution in [0.25, 0.3) is 0 Å². The van der Waals surface area contributed by atoms with Gasteiger partial charge in [0.15, 0.2) is 0 Å². The lowest BCUT2D eigenvalue weighted by molar-refractivity contribution is 0.435. The van der Waals surface area contributed by atoms with E-state index in [0.29, 0.717) is 6.04 Å². The van der Waals surface area contributed by atoms with Crippen molar-refractivity contribution in [2.45, 2.75) is 51.6 Å². The van der Waals surface area contributed by atoms with E-state index in [4.69, 9.17) is 0 Å². The minimum Gasteiger partial charge on any atom is -0.331 e. The SMILES string of the molecule is Cc1nccn1C(C)CNC1CCCC1. The number of imidazole rings is 1. The van der Waals surface area contributed by atoms with Gasteiger partial charge < -0.3 is 9.88 Å². The van der Waals surface area contributed by atoms with Gasteiger partial charge in [-0.25, -0.2) is 4.98 Å². The van der Waals surface area contributed by atoms with Crippen LogP contribution in [-0.4, -0.2) is 22.1 Å². The van der Waals surface area contributed by atoms with E-state index in [1.807, 2.05) is 6.20 Å². The third kappa shape index (κ3) is 2.59. The first-order valence-electron chi connectivity index (χ1n) is 6.00. The van der Waals surface area contributed by atoms with Crippen molar-refractivity contribution in [3.8, 4) is 0 Å². The predicted octanol–water partition coefficient (Wildman–Crippen LogP) is 2.28. The molecule has 0 amide bonds. The summed E-state index contributed by atoms with van der Waals surface area (Å²) in [5.74, 6) is 1.11. The van der Waals surface area contributed by atoms with Gasteiger partial charge in [-0.15, -0.1) is 0 Å². The number of aromatic nitrogens is 2. The van der Waals surface area contributed by atoms with Crippen LogP contribution in [0.1, 0.15) is 44.5 Å². The average molecular weight is 207 g/mol. The van der Waals surface area contributed by atoms with E-state index in [1.54, 1.807) is 0 Å². The summed E-state index contributed by atoms with van der Waals surface area (Å²) in [7, 11) is 0. The Labute approximate surface area is 91.9 Å². The van der Waals surface area contributed by atoms with Crippen molar-refractivity contribution in [2.24, 2.45) is 0 Å². The molecule has 1 unspecified atom stereocenters. The fraction of sp³-hybridized carbons (Fsp3) is 0.750. The zero-order valence-corrected chi connectivity index (χ0v) is 9.74. The fourth-order valence-electron chi connectivity index (χ4n) is 2.42. The van der Waals surface area contributed by atoms with Gasteiger partial charge in [0.25, 0.3) is 0 Å². The highest BCUT2D eigenvalue weighted by Gasteiger charge is 2.15. The minimum absolute atomic E-state index is 0.507. The van der Waals surface area contributed by atoms with Crippen molar-refractivity contribution in [1.29, 1.82) is 0 Å². The van der Waals surface area contributed by atoms with Crippen molar-refractivity contribution in [3.63, 3.8) is 0 Å². The van der Waals surface area contributed by atoms with E-state index >= 15 is 0 Å². The molecule has 0 aliphatic heterocycles. The van der Waals surface area contributed by atoms with E-state index in [2.05, 4.69) is 34.9 Å². The summed E-state index contributed by atoms with van der Waals surface area (Å²) in [6, 6.07) is 1.27. The molecule has 1 aromatic rings. The van der Waals surface area contributed by atoms with Gasteiger partial charge in [0.1, 0.15) is 5.82 Å². The van der Waals surface area contributed by atoms with E-state index < -0.39 is 0 Å². The first kappa shape index (κ1) is 10.7. The van der Waals surface area contributed by atoms with Crippen molar-refractivity contribution in [1.82, 2.24) is 14.9 Å². The molecule has 1 atom stereocenters. The number of aryl methyl sites for hydroxylation is 1. The number of nitrogens with zero attached hydrogens (tertiary/aromatic N) is 2. The minimum atomic E-state index is 0.507. The summed E-state index contributed by atoms with van der Waals surface area (Å²) in [5.41, 5.74) is 0. The Balaban J connectivity index is 1.81. The second kappa shape index (κ2) is 4.79. The highest BCUT2D eigenvalue weighted by Crippen LogP contribution is 2.18. The van der Waals surface area contributed by atoms with E-state index in [0.717, 1.165) is 18.4 Å². The quantitative estimate of drug-likeness (QED) is 0.821. The van der Waals surface area contributed by atoms with Crippen LogP contribution in [0.4, 0.5) is 0 Å². The van der Waals surface area contributed by atoms with Gasteiger partial charge in [0.05, 0.1) is 0 Å². The summed E-state index contributed by atoms with van der Waals surface area (Å²) in [6.07, 6.45) is 9.45. The zero-order valence-electron chi connectivity index (χ0n) is 9.74. The van der Waals surface area contributed by atoms with Crippen molar-refractivity contribution in [3.05, 3.63) is 18.2 Å². The number of nitrogens with one attached hydrogen (secondary N) is 1. The standard InChI is InChI=1S/C12H21N3/c1-10(15-8-7-13-11(15)2)9-14-12-5-3-4-6-12/h7-8,10,12,14H,3-6,9H2,1-2H3. The predicted molar refractivity (Wildman–Crippen MR) is 61.9 cm³/mol. The van der Waals surface area contributed by atoms with Gasteiger partial charge in [-0.1, -0.05) is 12.8 Å². The topological polar surface area (TPSA) is 29.9 Å². The highest BCUT2D eigenvalue weighted by atomic mass is 15.1. The van der Waals surface area contributed by atoms with Crippen LogP contribution in [0.3, 0.4) is 0 Å². The molecule has 3 nitrogen and oxygen atoms in total. The molecule has 1 aromatic heterocycles. The van der Waals surface area contributed by atoms with Crippen molar-refractivity contribution in [2.75, 3.05) is 6.54 Å². The van der Waals surface area contributed by atoms with E-state index in [9.17, 15) is 0 Å². The lowest BCUT2D eigenvalue weighted by atomic mass is 10.2. The molecule has 0 spiro atoms.